The largest absolute Gasteiger partial charge is 0.308 e. The van der Waals surface area contributed by atoms with Crippen LogP contribution in [0.2, 0.25) is 0 Å². The average molecular weight is 210 g/mol. The number of rotatable bonds is 5. The molecule has 14 heavy (non-hydrogen) atoms. The van der Waals surface area contributed by atoms with Crippen LogP contribution >= 0.6 is 11.3 Å². The number of hydrogen-bond donors (Lipinski definition) is 1. The van der Waals surface area contributed by atoms with Crippen LogP contribution in [0.15, 0.2) is 5.38 Å². The van der Waals surface area contributed by atoms with Crippen molar-refractivity contribution in [3.8, 4) is 0 Å². The van der Waals surface area contributed by atoms with Crippen molar-refractivity contribution in [3.63, 3.8) is 0 Å². The fourth-order valence-electron chi connectivity index (χ4n) is 1.38. The molecule has 1 saturated carbocycles. The first kappa shape index (κ1) is 10.1. The summed E-state index contributed by atoms with van der Waals surface area (Å²) in [5.74, 6) is 0.795. The summed E-state index contributed by atoms with van der Waals surface area (Å²) in [5, 5.41) is 6.94. The molecule has 1 aromatic rings. The number of thiazole rings is 1. The molecule has 0 saturated heterocycles. The monoisotopic (exact) mass is 210 g/mol. The third kappa shape index (κ3) is 2.55. The molecule has 3 heteroatoms. The summed E-state index contributed by atoms with van der Waals surface area (Å²) >= 11 is 1.80. The quantitative estimate of drug-likeness (QED) is 0.808. The van der Waals surface area contributed by atoms with Crippen LogP contribution in [-0.2, 0) is 6.54 Å². The van der Waals surface area contributed by atoms with Gasteiger partial charge in [0.05, 0.1) is 5.69 Å². The van der Waals surface area contributed by atoms with Crippen LogP contribution in [-0.4, -0.2) is 11.0 Å². The smallest absolute Gasteiger partial charge is 0.107 e. The standard InChI is InChI=1S/C11H18N2S/c1-3-8(2)12-6-11-13-10(7-14-11)9-4-5-9/h7-9,12H,3-6H2,1-2H3. The SMILES string of the molecule is CCC(C)NCc1nc(C2CC2)cs1. The van der Waals surface area contributed by atoms with Crippen LogP contribution in [0.4, 0.5) is 0 Å². The third-order valence-corrected chi connectivity index (χ3v) is 3.65. The summed E-state index contributed by atoms with van der Waals surface area (Å²) in [6, 6.07) is 0.600. The second kappa shape index (κ2) is 4.41. The molecule has 0 aromatic carbocycles. The van der Waals surface area contributed by atoms with Crippen LogP contribution in [0.1, 0.15) is 49.7 Å². The first-order valence-corrected chi connectivity index (χ1v) is 6.35. The van der Waals surface area contributed by atoms with Crippen molar-refractivity contribution in [3.05, 3.63) is 16.1 Å². The van der Waals surface area contributed by atoms with Crippen molar-refractivity contribution in [1.82, 2.24) is 10.3 Å². The average Bonchev–Trinajstić information content (AvgIpc) is 2.95. The lowest BCUT2D eigenvalue weighted by Gasteiger charge is -2.08. The van der Waals surface area contributed by atoms with E-state index < -0.39 is 0 Å². The highest BCUT2D eigenvalue weighted by atomic mass is 32.1. The molecule has 78 valence electrons. The van der Waals surface area contributed by atoms with Crippen molar-refractivity contribution in [1.29, 1.82) is 0 Å². The molecule has 1 atom stereocenters. The van der Waals surface area contributed by atoms with E-state index in [0.717, 1.165) is 12.5 Å². The zero-order valence-corrected chi connectivity index (χ0v) is 9.73. The molecule has 0 bridgehead atoms. The predicted molar refractivity (Wildman–Crippen MR) is 60.7 cm³/mol. The maximum atomic E-state index is 4.63. The van der Waals surface area contributed by atoms with Gasteiger partial charge in [0.2, 0.25) is 0 Å². The minimum atomic E-state index is 0.600. The van der Waals surface area contributed by atoms with Gasteiger partial charge in [-0.3, -0.25) is 0 Å². The summed E-state index contributed by atoms with van der Waals surface area (Å²) < 4.78 is 0. The Hall–Kier alpha value is -0.410. The molecule has 2 rings (SSSR count). The predicted octanol–water partition coefficient (Wildman–Crippen LogP) is 2.91. The fourth-order valence-corrected chi connectivity index (χ4v) is 2.21. The summed E-state index contributed by atoms with van der Waals surface area (Å²) in [6.45, 7) is 5.36. The lowest BCUT2D eigenvalue weighted by molar-refractivity contribution is 0.533. The van der Waals surface area contributed by atoms with E-state index in [2.05, 4.69) is 29.5 Å². The van der Waals surface area contributed by atoms with Crippen LogP contribution in [0.3, 0.4) is 0 Å². The minimum Gasteiger partial charge on any atom is -0.308 e. The summed E-state index contributed by atoms with van der Waals surface area (Å²) in [4.78, 5) is 4.63. The normalized spacial score (nSPS) is 18.4. The lowest BCUT2D eigenvalue weighted by Crippen LogP contribution is -2.24. The highest BCUT2D eigenvalue weighted by Crippen LogP contribution is 2.40. The van der Waals surface area contributed by atoms with E-state index in [1.54, 1.807) is 11.3 Å². The summed E-state index contributed by atoms with van der Waals surface area (Å²) in [5.41, 5.74) is 1.33. The molecule has 1 N–H and O–H groups in total. The molecule has 1 fully saturated rings. The molecular formula is C11H18N2S. The summed E-state index contributed by atoms with van der Waals surface area (Å²) in [6.07, 6.45) is 3.88. The van der Waals surface area contributed by atoms with Gasteiger partial charge in [0.25, 0.3) is 0 Å². The van der Waals surface area contributed by atoms with Crippen LogP contribution in [0.5, 0.6) is 0 Å². The Morgan fingerprint density at radius 1 is 1.64 bits per heavy atom. The van der Waals surface area contributed by atoms with Gasteiger partial charge in [-0.15, -0.1) is 11.3 Å². The Kier molecular flexibility index (Phi) is 3.19. The van der Waals surface area contributed by atoms with Gasteiger partial charge in [-0.05, 0) is 26.2 Å². The molecule has 0 aliphatic heterocycles. The zero-order valence-electron chi connectivity index (χ0n) is 8.92. The molecule has 1 unspecified atom stereocenters. The summed E-state index contributed by atoms with van der Waals surface area (Å²) in [7, 11) is 0. The molecule has 1 aliphatic carbocycles. The van der Waals surface area contributed by atoms with Gasteiger partial charge in [0.15, 0.2) is 0 Å². The maximum Gasteiger partial charge on any atom is 0.107 e. The van der Waals surface area contributed by atoms with E-state index in [9.17, 15) is 0 Å². The molecular weight excluding hydrogens is 192 g/mol. The molecule has 0 spiro atoms. The second-order valence-corrected chi connectivity index (χ2v) is 5.07. The molecule has 1 heterocycles. The Balaban J connectivity index is 1.83. The van der Waals surface area contributed by atoms with E-state index in [-0.39, 0.29) is 0 Å². The van der Waals surface area contributed by atoms with E-state index in [1.807, 2.05) is 0 Å². The van der Waals surface area contributed by atoms with Gasteiger partial charge in [-0.1, -0.05) is 6.92 Å². The zero-order chi connectivity index (χ0) is 9.97. The Labute approximate surface area is 89.8 Å². The number of aromatic nitrogens is 1. The Morgan fingerprint density at radius 2 is 2.43 bits per heavy atom. The van der Waals surface area contributed by atoms with Crippen molar-refractivity contribution in [2.24, 2.45) is 0 Å². The third-order valence-electron chi connectivity index (χ3n) is 2.78. The van der Waals surface area contributed by atoms with Crippen LogP contribution in [0, 0.1) is 0 Å². The second-order valence-electron chi connectivity index (χ2n) is 4.13. The van der Waals surface area contributed by atoms with Crippen LogP contribution in [0.25, 0.3) is 0 Å². The van der Waals surface area contributed by atoms with Gasteiger partial charge in [0, 0.05) is 23.9 Å². The van der Waals surface area contributed by atoms with E-state index >= 15 is 0 Å². The van der Waals surface area contributed by atoms with Gasteiger partial charge in [-0.25, -0.2) is 4.98 Å². The van der Waals surface area contributed by atoms with Gasteiger partial charge in [-0.2, -0.15) is 0 Å². The van der Waals surface area contributed by atoms with Crippen molar-refractivity contribution in [2.45, 2.75) is 51.6 Å². The lowest BCUT2D eigenvalue weighted by atomic mass is 10.3. The van der Waals surface area contributed by atoms with E-state index in [1.165, 1.54) is 30.0 Å². The first-order chi connectivity index (χ1) is 6.79. The van der Waals surface area contributed by atoms with Gasteiger partial charge in [0.1, 0.15) is 5.01 Å². The van der Waals surface area contributed by atoms with Crippen molar-refractivity contribution in [2.75, 3.05) is 0 Å². The van der Waals surface area contributed by atoms with Crippen molar-refractivity contribution >= 4 is 11.3 Å². The Morgan fingerprint density at radius 3 is 3.07 bits per heavy atom. The minimum absolute atomic E-state index is 0.600. The Bertz CT molecular complexity index is 291. The van der Waals surface area contributed by atoms with Crippen LogP contribution < -0.4 is 5.32 Å². The number of hydrogen-bond acceptors (Lipinski definition) is 3. The maximum absolute atomic E-state index is 4.63. The number of nitrogens with one attached hydrogen (secondary N) is 1. The fraction of sp³-hybridized carbons (Fsp3) is 0.727. The number of nitrogens with zero attached hydrogens (tertiary/aromatic N) is 1. The van der Waals surface area contributed by atoms with Gasteiger partial charge < -0.3 is 5.32 Å². The first-order valence-electron chi connectivity index (χ1n) is 5.47. The van der Waals surface area contributed by atoms with Gasteiger partial charge >= 0.3 is 0 Å². The molecule has 2 nitrogen and oxygen atoms in total. The molecule has 1 aromatic heterocycles. The van der Waals surface area contributed by atoms with Crippen molar-refractivity contribution < 1.29 is 0 Å². The molecule has 0 radical (unpaired) electrons. The van der Waals surface area contributed by atoms with E-state index in [4.69, 9.17) is 0 Å². The molecule has 1 aliphatic rings. The molecule has 0 amide bonds. The topological polar surface area (TPSA) is 24.9 Å². The highest BCUT2D eigenvalue weighted by Gasteiger charge is 2.25. The highest BCUT2D eigenvalue weighted by molar-refractivity contribution is 7.09. The van der Waals surface area contributed by atoms with E-state index in [0.29, 0.717) is 6.04 Å².